The Labute approximate surface area is 155 Å². The minimum atomic E-state index is -0.0644. The van der Waals surface area contributed by atoms with Gasteiger partial charge in [0.2, 0.25) is 0 Å². The molecule has 2 heterocycles. The SMILES string of the molecule is CN(CCCCCC1CC(c2ccccc2)NN1)C(=O)c1cnccn1. The van der Waals surface area contributed by atoms with Gasteiger partial charge in [-0.05, 0) is 24.8 Å². The van der Waals surface area contributed by atoms with Crippen molar-refractivity contribution in [3.05, 3.63) is 60.2 Å². The minimum Gasteiger partial charge on any atom is -0.340 e. The predicted molar refractivity (Wildman–Crippen MR) is 101 cm³/mol. The number of unbranched alkanes of at least 4 members (excludes halogenated alkanes) is 2. The van der Waals surface area contributed by atoms with E-state index >= 15 is 0 Å². The molecule has 1 aromatic heterocycles. The summed E-state index contributed by atoms with van der Waals surface area (Å²) >= 11 is 0. The fourth-order valence-corrected chi connectivity index (χ4v) is 3.34. The molecule has 6 heteroatoms. The van der Waals surface area contributed by atoms with E-state index in [2.05, 4.69) is 51.2 Å². The van der Waals surface area contributed by atoms with Gasteiger partial charge >= 0.3 is 0 Å². The zero-order chi connectivity index (χ0) is 18.2. The zero-order valence-electron chi connectivity index (χ0n) is 15.3. The summed E-state index contributed by atoms with van der Waals surface area (Å²) in [5.74, 6) is -0.0644. The summed E-state index contributed by atoms with van der Waals surface area (Å²) in [5, 5.41) is 0. The van der Waals surface area contributed by atoms with Gasteiger partial charge < -0.3 is 4.90 Å². The molecule has 1 aromatic carbocycles. The van der Waals surface area contributed by atoms with E-state index in [4.69, 9.17) is 0 Å². The van der Waals surface area contributed by atoms with E-state index in [0.717, 1.165) is 38.6 Å². The van der Waals surface area contributed by atoms with E-state index in [9.17, 15) is 4.79 Å². The maximum Gasteiger partial charge on any atom is 0.273 e. The molecule has 2 atom stereocenters. The Bertz CT molecular complexity index is 679. The molecule has 2 unspecified atom stereocenters. The van der Waals surface area contributed by atoms with Crippen LogP contribution < -0.4 is 10.9 Å². The van der Waals surface area contributed by atoms with Crippen LogP contribution in [0.15, 0.2) is 48.9 Å². The predicted octanol–water partition coefficient (Wildman–Crippen LogP) is 2.72. The number of carbonyl (C=O) groups is 1. The van der Waals surface area contributed by atoms with Crippen molar-refractivity contribution in [2.24, 2.45) is 0 Å². The first kappa shape index (κ1) is 18.5. The van der Waals surface area contributed by atoms with E-state index in [-0.39, 0.29) is 5.91 Å². The third kappa shape index (κ3) is 5.09. The van der Waals surface area contributed by atoms with Gasteiger partial charge in [0, 0.05) is 38.1 Å². The van der Waals surface area contributed by atoms with Gasteiger partial charge in [-0.25, -0.2) is 4.98 Å². The van der Waals surface area contributed by atoms with Gasteiger partial charge in [-0.15, -0.1) is 0 Å². The molecule has 0 radical (unpaired) electrons. The first-order chi connectivity index (χ1) is 12.7. The highest BCUT2D eigenvalue weighted by molar-refractivity contribution is 5.91. The molecule has 0 saturated carbocycles. The van der Waals surface area contributed by atoms with E-state index in [1.54, 1.807) is 17.3 Å². The molecule has 1 saturated heterocycles. The fraction of sp³-hybridized carbons (Fsp3) is 0.450. The highest BCUT2D eigenvalue weighted by atomic mass is 16.2. The fourth-order valence-electron chi connectivity index (χ4n) is 3.34. The number of carbonyl (C=O) groups excluding carboxylic acids is 1. The summed E-state index contributed by atoms with van der Waals surface area (Å²) in [4.78, 5) is 21.9. The molecule has 1 aliphatic rings. The Morgan fingerprint density at radius 1 is 1.15 bits per heavy atom. The van der Waals surface area contributed by atoms with Crippen LogP contribution in [0.25, 0.3) is 0 Å². The number of hydrogen-bond donors (Lipinski definition) is 2. The van der Waals surface area contributed by atoms with Crippen LogP contribution in [0.3, 0.4) is 0 Å². The Morgan fingerprint density at radius 3 is 2.77 bits per heavy atom. The second-order valence-electron chi connectivity index (χ2n) is 6.85. The lowest BCUT2D eigenvalue weighted by atomic mass is 9.99. The zero-order valence-corrected chi connectivity index (χ0v) is 15.3. The van der Waals surface area contributed by atoms with Crippen LogP contribution in [-0.4, -0.2) is 40.4 Å². The molecule has 3 rings (SSSR count). The number of hydrazine groups is 1. The number of hydrogen-bond acceptors (Lipinski definition) is 5. The topological polar surface area (TPSA) is 70.2 Å². The van der Waals surface area contributed by atoms with Gasteiger partial charge in [-0.2, -0.15) is 0 Å². The standard InChI is InChI=1S/C20H27N5O/c1-25(20(26)19-15-21-11-12-22-19)13-7-3-6-10-17-14-18(24-23-17)16-8-4-2-5-9-16/h2,4-5,8-9,11-12,15,17-18,23-24H,3,6-7,10,13-14H2,1H3. The lowest BCUT2D eigenvalue weighted by molar-refractivity contribution is 0.0786. The second-order valence-corrected chi connectivity index (χ2v) is 6.85. The lowest BCUT2D eigenvalue weighted by Gasteiger charge is -2.16. The van der Waals surface area contributed by atoms with Crippen LogP contribution in [0.5, 0.6) is 0 Å². The highest BCUT2D eigenvalue weighted by Gasteiger charge is 2.24. The monoisotopic (exact) mass is 353 g/mol. The quantitative estimate of drug-likeness (QED) is 0.714. The molecule has 0 aliphatic carbocycles. The van der Waals surface area contributed by atoms with Crippen LogP contribution in [0.2, 0.25) is 0 Å². The van der Waals surface area contributed by atoms with Crippen LogP contribution in [0.4, 0.5) is 0 Å². The van der Waals surface area contributed by atoms with Crippen molar-refractivity contribution >= 4 is 5.91 Å². The van der Waals surface area contributed by atoms with Crippen molar-refractivity contribution in [3.8, 4) is 0 Å². The number of amides is 1. The van der Waals surface area contributed by atoms with Crippen LogP contribution in [0, 0.1) is 0 Å². The van der Waals surface area contributed by atoms with Gasteiger partial charge in [0.15, 0.2) is 0 Å². The largest absolute Gasteiger partial charge is 0.340 e. The summed E-state index contributed by atoms with van der Waals surface area (Å²) in [5.41, 5.74) is 8.56. The van der Waals surface area contributed by atoms with Crippen LogP contribution >= 0.6 is 0 Å². The molecule has 0 bridgehead atoms. The van der Waals surface area contributed by atoms with Crippen LogP contribution in [0.1, 0.15) is 54.2 Å². The number of rotatable bonds is 8. The second kappa shape index (κ2) is 9.40. The Morgan fingerprint density at radius 2 is 2.00 bits per heavy atom. The minimum absolute atomic E-state index is 0.0644. The van der Waals surface area contributed by atoms with Crippen molar-refractivity contribution in [2.75, 3.05) is 13.6 Å². The summed E-state index contributed by atoms with van der Waals surface area (Å²) in [6.07, 6.45) is 10.2. The van der Waals surface area contributed by atoms with E-state index in [1.807, 2.05) is 7.05 Å². The normalized spacial score (nSPS) is 19.4. The molecule has 26 heavy (non-hydrogen) atoms. The van der Waals surface area contributed by atoms with Crippen molar-refractivity contribution in [2.45, 2.75) is 44.2 Å². The summed E-state index contributed by atoms with van der Waals surface area (Å²) < 4.78 is 0. The number of nitrogens with zero attached hydrogens (tertiary/aromatic N) is 3. The molecule has 2 aromatic rings. The Hall–Kier alpha value is -2.31. The molecule has 2 N–H and O–H groups in total. The third-order valence-electron chi connectivity index (χ3n) is 4.86. The smallest absolute Gasteiger partial charge is 0.273 e. The number of aromatic nitrogens is 2. The van der Waals surface area contributed by atoms with Gasteiger partial charge in [0.05, 0.1) is 6.20 Å². The molecule has 1 amide bonds. The average molecular weight is 353 g/mol. The van der Waals surface area contributed by atoms with E-state index < -0.39 is 0 Å². The van der Waals surface area contributed by atoms with E-state index in [0.29, 0.717) is 17.8 Å². The maximum absolute atomic E-state index is 12.2. The third-order valence-corrected chi connectivity index (χ3v) is 4.86. The Balaban J connectivity index is 1.31. The first-order valence-corrected chi connectivity index (χ1v) is 9.31. The summed E-state index contributed by atoms with van der Waals surface area (Å²) in [6, 6.07) is 11.5. The van der Waals surface area contributed by atoms with Gasteiger partial charge in [0.1, 0.15) is 5.69 Å². The molecular formula is C20H27N5O. The summed E-state index contributed by atoms with van der Waals surface area (Å²) in [6.45, 7) is 0.748. The molecule has 1 aliphatic heterocycles. The van der Waals surface area contributed by atoms with Crippen molar-refractivity contribution in [3.63, 3.8) is 0 Å². The van der Waals surface area contributed by atoms with Crippen LogP contribution in [-0.2, 0) is 0 Å². The molecule has 1 fully saturated rings. The Kier molecular flexibility index (Phi) is 6.68. The summed E-state index contributed by atoms with van der Waals surface area (Å²) in [7, 11) is 1.82. The lowest BCUT2D eigenvalue weighted by Crippen LogP contribution is -2.31. The van der Waals surface area contributed by atoms with Crippen molar-refractivity contribution < 1.29 is 4.79 Å². The first-order valence-electron chi connectivity index (χ1n) is 9.31. The maximum atomic E-state index is 12.2. The van der Waals surface area contributed by atoms with Gasteiger partial charge in [0.25, 0.3) is 5.91 Å². The molecular weight excluding hydrogens is 326 g/mol. The van der Waals surface area contributed by atoms with E-state index in [1.165, 1.54) is 11.8 Å². The van der Waals surface area contributed by atoms with Crippen molar-refractivity contribution in [1.82, 2.24) is 25.7 Å². The number of nitrogens with one attached hydrogen (secondary N) is 2. The number of benzene rings is 1. The average Bonchev–Trinajstić information content (AvgIpc) is 3.17. The van der Waals surface area contributed by atoms with Gasteiger partial charge in [-0.3, -0.25) is 20.6 Å². The molecule has 0 spiro atoms. The highest BCUT2D eigenvalue weighted by Crippen LogP contribution is 2.24. The van der Waals surface area contributed by atoms with Crippen molar-refractivity contribution in [1.29, 1.82) is 0 Å². The van der Waals surface area contributed by atoms with Gasteiger partial charge in [-0.1, -0.05) is 43.2 Å². The molecule has 6 nitrogen and oxygen atoms in total. The molecule has 138 valence electrons.